The maximum atomic E-state index is 11.4. The molecule has 0 amide bonds. The van der Waals surface area contributed by atoms with Crippen molar-refractivity contribution in [3.05, 3.63) is 34.7 Å². The first-order valence-electron chi connectivity index (χ1n) is 5.41. The number of pyridine rings is 1. The van der Waals surface area contributed by atoms with Crippen LogP contribution >= 0.6 is 0 Å². The van der Waals surface area contributed by atoms with Crippen LogP contribution in [-0.4, -0.2) is 51.5 Å². The van der Waals surface area contributed by atoms with Crippen LogP contribution in [0.1, 0.15) is 0 Å². The highest BCUT2D eigenvalue weighted by atomic mass is 16.3. The molecule has 1 aliphatic heterocycles. The third kappa shape index (κ3) is 2.49. The van der Waals surface area contributed by atoms with Gasteiger partial charge in [-0.15, -0.1) is 0 Å². The van der Waals surface area contributed by atoms with Gasteiger partial charge in [-0.25, -0.2) is 0 Å². The highest BCUT2D eigenvalue weighted by Gasteiger charge is 2.28. The van der Waals surface area contributed by atoms with Gasteiger partial charge < -0.3 is 14.8 Å². The van der Waals surface area contributed by atoms with Crippen molar-refractivity contribution in [2.75, 3.05) is 19.6 Å². The molecule has 1 aromatic heterocycles. The number of hydrogen-bond donors (Lipinski definition) is 2. The molecule has 1 aliphatic rings. The summed E-state index contributed by atoms with van der Waals surface area (Å²) in [4.78, 5) is 13.4. The standard InChI is InChI=1S/C11H16N2O3/c14-9-7-12(8-10(9)15)5-6-13-4-2-1-3-11(13)16/h1-4,9-10,14-15H,5-8H2/t9-,10+. The molecule has 1 saturated heterocycles. The van der Waals surface area contributed by atoms with Gasteiger partial charge in [0.15, 0.2) is 0 Å². The Bertz CT molecular complexity index is 394. The highest BCUT2D eigenvalue weighted by molar-refractivity contribution is 4.93. The van der Waals surface area contributed by atoms with Crippen molar-refractivity contribution in [1.29, 1.82) is 0 Å². The van der Waals surface area contributed by atoms with E-state index in [1.165, 1.54) is 6.07 Å². The summed E-state index contributed by atoms with van der Waals surface area (Å²) in [5.74, 6) is 0. The third-order valence-electron chi connectivity index (χ3n) is 2.89. The smallest absolute Gasteiger partial charge is 0.250 e. The number of β-amino-alcohol motifs (C(OH)–C–C–N with tert-alkyl or cyclic N) is 2. The zero-order chi connectivity index (χ0) is 11.5. The first-order chi connectivity index (χ1) is 7.66. The van der Waals surface area contributed by atoms with Crippen molar-refractivity contribution in [3.8, 4) is 0 Å². The first kappa shape index (κ1) is 11.3. The Morgan fingerprint density at radius 1 is 1.19 bits per heavy atom. The van der Waals surface area contributed by atoms with E-state index in [0.29, 0.717) is 26.2 Å². The monoisotopic (exact) mass is 224 g/mol. The lowest BCUT2D eigenvalue weighted by Gasteiger charge is -2.15. The van der Waals surface area contributed by atoms with Crippen molar-refractivity contribution < 1.29 is 10.2 Å². The van der Waals surface area contributed by atoms with Crippen LogP contribution in [0.3, 0.4) is 0 Å². The van der Waals surface area contributed by atoms with E-state index in [-0.39, 0.29) is 5.56 Å². The quantitative estimate of drug-likeness (QED) is 0.683. The average molecular weight is 224 g/mol. The van der Waals surface area contributed by atoms with Crippen LogP contribution in [0.25, 0.3) is 0 Å². The molecule has 2 heterocycles. The fraction of sp³-hybridized carbons (Fsp3) is 0.545. The molecule has 1 aromatic rings. The first-order valence-corrected chi connectivity index (χ1v) is 5.41. The van der Waals surface area contributed by atoms with E-state index in [0.717, 1.165) is 0 Å². The molecule has 1 fully saturated rings. The molecule has 16 heavy (non-hydrogen) atoms. The normalized spacial score (nSPS) is 26.1. The summed E-state index contributed by atoms with van der Waals surface area (Å²) in [6, 6.07) is 5.05. The second-order valence-corrected chi connectivity index (χ2v) is 4.13. The van der Waals surface area contributed by atoms with E-state index in [1.807, 2.05) is 11.0 Å². The van der Waals surface area contributed by atoms with E-state index in [2.05, 4.69) is 0 Å². The second-order valence-electron chi connectivity index (χ2n) is 4.13. The van der Waals surface area contributed by atoms with Crippen LogP contribution in [0.4, 0.5) is 0 Å². The minimum Gasteiger partial charge on any atom is -0.389 e. The molecular formula is C11H16N2O3. The van der Waals surface area contributed by atoms with E-state index in [9.17, 15) is 15.0 Å². The Balaban J connectivity index is 1.89. The van der Waals surface area contributed by atoms with Crippen molar-refractivity contribution in [1.82, 2.24) is 9.47 Å². The summed E-state index contributed by atoms with van der Waals surface area (Å²) >= 11 is 0. The number of aliphatic hydroxyl groups excluding tert-OH is 2. The molecule has 0 bridgehead atoms. The Hall–Kier alpha value is -1.17. The highest BCUT2D eigenvalue weighted by Crippen LogP contribution is 2.09. The minimum absolute atomic E-state index is 0.0252. The number of nitrogens with zero attached hydrogens (tertiary/aromatic N) is 2. The molecule has 2 N–H and O–H groups in total. The lowest BCUT2D eigenvalue weighted by atomic mass is 10.3. The molecule has 0 aromatic carbocycles. The van der Waals surface area contributed by atoms with Gasteiger partial charge in [0.2, 0.25) is 0 Å². The third-order valence-corrected chi connectivity index (χ3v) is 2.89. The molecule has 88 valence electrons. The number of hydrogen-bond acceptors (Lipinski definition) is 4. The van der Waals surface area contributed by atoms with Gasteiger partial charge in [0.1, 0.15) is 0 Å². The fourth-order valence-corrected chi connectivity index (χ4v) is 1.92. The average Bonchev–Trinajstić information content (AvgIpc) is 2.57. The summed E-state index contributed by atoms with van der Waals surface area (Å²) in [7, 11) is 0. The lowest BCUT2D eigenvalue weighted by Crippen LogP contribution is -2.29. The largest absolute Gasteiger partial charge is 0.389 e. The van der Waals surface area contributed by atoms with Crippen molar-refractivity contribution >= 4 is 0 Å². The number of aromatic nitrogens is 1. The zero-order valence-electron chi connectivity index (χ0n) is 8.99. The summed E-state index contributed by atoms with van der Waals surface area (Å²) in [6.45, 7) is 2.20. The Morgan fingerprint density at radius 3 is 2.50 bits per heavy atom. The lowest BCUT2D eigenvalue weighted by molar-refractivity contribution is 0.0572. The Morgan fingerprint density at radius 2 is 1.88 bits per heavy atom. The SMILES string of the molecule is O=c1ccccn1CCN1C[C@@H](O)[C@@H](O)C1. The fourth-order valence-electron chi connectivity index (χ4n) is 1.92. The second kappa shape index (κ2) is 4.78. The maximum absolute atomic E-state index is 11.4. The van der Waals surface area contributed by atoms with Crippen LogP contribution in [0.15, 0.2) is 29.2 Å². The maximum Gasteiger partial charge on any atom is 0.250 e. The van der Waals surface area contributed by atoms with Crippen molar-refractivity contribution in [3.63, 3.8) is 0 Å². The molecule has 0 spiro atoms. The van der Waals surface area contributed by atoms with Gasteiger partial charge >= 0.3 is 0 Å². The van der Waals surface area contributed by atoms with Gasteiger partial charge in [-0.3, -0.25) is 9.69 Å². The molecule has 0 aliphatic carbocycles. The summed E-state index contributed by atoms with van der Waals surface area (Å²) in [5.41, 5.74) is -0.0252. The van der Waals surface area contributed by atoms with Gasteiger partial charge in [-0.1, -0.05) is 6.07 Å². The van der Waals surface area contributed by atoms with Gasteiger partial charge in [-0.05, 0) is 6.07 Å². The molecule has 0 unspecified atom stereocenters. The van der Waals surface area contributed by atoms with E-state index in [4.69, 9.17) is 0 Å². The predicted molar refractivity (Wildman–Crippen MR) is 59.2 cm³/mol. The van der Waals surface area contributed by atoms with E-state index in [1.54, 1.807) is 16.8 Å². The van der Waals surface area contributed by atoms with E-state index >= 15 is 0 Å². The van der Waals surface area contributed by atoms with E-state index < -0.39 is 12.2 Å². The Kier molecular flexibility index (Phi) is 3.38. The molecule has 5 heteroatoms. The topological polar surface area (TPSA) is 65.7 Å². The molecule has 2 rings (SSSR count). The number of rotatable bonds is 3. The van der Waals surface area contributed by atoms with Gasteiger partial charge in [-0.2, -0.15) is 0 Å². The molecule has 5 nitrogen and oxygen atoms in total. The van der Waals surface area contributed by atoms with Crippen molar-refractivity contribution in [2.24, 2.45) is 0 Å². The van der Waals surface area contributed by atoms with Crippen molar-refractivity contribution in [2.45, 2.75) is 18.8 Å². The van der Waals surface area contributed by atoms with Gasteiger partial charge in [0.25, 0.3) is 5.56 Å². The van der Waals surface area contributed by atoms with Crippen LogP contribution in [-0.2, 0) is 6.54 Å². The minimum atomic E-state index is -0.660. The van der Waals surface area contributed by atoms with Crippen LogP contribution in [0.5, 0.6) is 0 Å². The van der Waals surface area contributed by atoms with Crippen LogP contribution < -0.4 is 5.56 Å². The summed E-state index contributed by atoms with van der Waals surface area (Å²) < 4.78 is 1.62. The summed E-state index contributed by atoms with van der Waals surface area (Å²) in [6.07, 6.45) is 0.422. The predicted octanol–water partition coefficient (Wildman–Crippen LogP) is -1.11. The molecule has 2 atom stereocenters. The van der Waals surface area contributed by atoms with Gasteiger partial charge in [0, 0.05) is 38.4 Å². The number of aliphatic hydroxyl groups is 2. The zero-order valence-corrected chi connectivity index (χ0v) is 8.99. The van der Waals surface area contributed by atoms with Gasteiger partial charge in [0.05, 0.1) is 12.2 Å². The Labute approximate surface area is 93.6 Å². The van der Waals surface area contributed by atoms with Crippen LogP contribution in [0, 0.1) is 0 Å². The number of likely N-dealkylation sites (tertiary alicyclic amines) is 1. The van der Waals surface area contributed by atoms with Crippen LogP contribution in [0.2, 0.25) is 0 Å². The molecule has 0 saturated carbocycles. The molecular weight excluding hydrogens is 208 g/mol. The summed E-state index contributed by atoms with van der Waals surface area (Å²) in [5, 5.41) is 18.7. The molecule has 0 radical (unpaired) electrons.